The molecule has 1 fully saturated rings. The molecule has 2 rings (SSSR count). The number of thioether (sulfide) groups is 1. The van der Waals surface area contributed by atoms with Crippen molar-refractivity contribution in [3.05, 3.63) is 11.3 Å². The van der Waals surface area contributed by atoms with Gasteiger partial charge in [-0.05, 0) is 13.3 Å². The Morgan fingerprint density at radius 1 is 1.39 bits per heavy atom. The summed E-state index contributed by atoms with van der Waals surface area (Å²) in [7, 11) is 1.92. The molecule has 0 unspecified atom stereocenters. The van der Waals surface area contributed by atoms with Gasteiger partial charge in [-0.3, -0.25) is 9.48 Å². The number of rotatable bonds is 2. The average Bonchev–Trinajstić information content (AvgIpc) is 2.45. The van der Waals surface area contributed by atoms with Gasteiger partial charge in [-0.15, -0.1) is 0 Å². The topological polar surface area (TPSA) is 38.1 Å². The predicted molar refractivity (Wildman–Crippen MR) is 76.7 cm³/mol. The van der Waals surface area contributed by atoms with Crippen LogP contribution in [0.1, 0.15) is 36.3 Å². The molecule has 0 aromatic carbocycles. The van der Waals surface area contributed by atoms with Crippen LogP contribution in [0, 0.1) is 6.92 Å². The molecule has 1 saturated heterocycles. The standard InChI is InChI=1S/C13H21N3OS/c1-10-11(9-17)12(15(4)14-10)16-6-5-13(2,3)18-8-7-16/h9H,5-8H2,1-4H3. The van der Waals surface area contributed by atoms with E-state index in [1.165, 1.54) is 0 Å². The van der Waals surface area contributed by atoms with E-state index >= 15 is 0 Å². The molecule has 2 heterocycles. The zero-order chi connectivity index (χ0) is 13.3. The smallest absolute Gasteiger partial charge is 0.155 e. The van der Waals surface area contributed by atoms with E-state index in [1.54, 1.807) is 0 Å². The van der Waals surface area contributed by atoms with Crippen molar-refractivity contribution in [1.29, 1.82) is 0 Å². The van der Waals surface area contributed by atoms with Crippen molar-refractivity contribution >= 4 is 23.9 Å². The highest BCUT2D eigenvalue weighted by Crippen LogP contribution is 2.33. The Labute approximate surface area is 113 Å². The number of carbonyl (C=O) groups excluding carboxylic acids is 1. The van der Waals surface area contributed by atoms with Gasteiger partial charge in [0.1, 0.15) is 5.82 Å². The summed E-state index contributed by atoms with van der Waals surface area (Å²) in [5.41, 5.74) is 1.56. The molecule has 18 heavy (non-hydrogen) atoms. The van der Waals surface area contributed by atoms with Crippen LogP contribution in [-0.4, -0.2) is 39.7 Å². The first-order valence-electron chi connectivity index (χ1n) is 6.32. The first-order valence-corrected chi connectivity index (χ1v) is 7.31. The van der Waals surface area contributed by atoms with Gasteiger partial charge in [-0.25, -0.2) is 0 Å². The molecular weight excluding hydrogens is 246 g/mol. The maximum atomic E-state index is 11.2. The van der Waals surface area contributed by atoms with E-state index < -0.39 is 0 Å². The summed E-state index contributed by atoms with van der Waals surface area (Å²) >= 11 is 2.01. The Morgan fingerprint density at radius 3 is 2.78 bits per heavy atom. The molecule has 0 bridgehead atoms. The largest absolute Gasteiger partial charge is 0.355 e. The molecule has 1 aliphatic heterocycles. The van der Waals surface area contributed by atoms with Crippen molar-refractivity contribution in [1.82, 2.24) is 9.78 Å². The fourth-order valence-electron chi connectivity index (χ4n) is 2.41. The van der Waals surface area contributed by atoms with Crippen molar-refractivity contribution in [2.24, 2.45) is 7.05 Å². The fraction of sp³-hybridized carbons (Fsp3) is 0.692. The second-order valence-electron chi connectivity index (χ2n) is 5.41. The molecular formula is C13H21N3OS. The Bertz CT molecular complexity index is 453. The molecule has 5 heteroatoms. The van der Waals surface area contributed by atoms with Crippen LogP contribution >= 0.6 is 11.8 Å². The summed E-state index contributed by atoms with van der Waals surface area (Å²) in [6, 6.07) is 0. The highest BCUT2D eigenvalue weighted by atomic mass is 32.2. The number of hydrogen-bond donors (Lipinski definition) is 0. The minimum atomic E-state index is 0.323. The third kappa shape index (κ3) is 2.55. The van der Waals surface area contributed by atoms with Crippen LogP contribution in [0.15, 0.2) is 0 Å². The van der Waals surface area contributed by atoms with E-state index in [4.69, 9.17) is 0 Å². The lowest BCUT2D eigenvalue weighted by Crippen LogP contribution is -2.29. The van der Waals surface area contributed by atoms with Crippen LogP contribution in [-0.2, 0) is 7.05 Å². The molecule has 1 aliphatic rings. The molecule has 0 saturated carbocycles. The van der Waals surface area contributed by atoms with Crippen molar-refractivity contribution in [3.63, 3.8) is 0 Å². The number of aldehydes is 1. The van der Waals surface area contributed by atoms with Gasteiger partial charge in [0.2, 0.25) is 0 Å². The molecule has 0 atom stereocenters. The third-order valence-corrected chi connectivity index (χ3v) is 4.86. The molecule has 1 aromatic rings. The van der Waals surface area contributed by atoms with Gasteiger partial charge >= 0.3 is 0 Å². The number of anilines is 1. The average molecular weight is 267 g/mol. The lowest BCUT2D eigenvalue weighted by molar-refractivity contribution is 0.112. The first-order chi connectivity index (χ1) is 8.44. The highest BCUT2D eigenvalue weighted by molar-refractivity contribution is 8.00. The third-order valence-electron chi connectivity index (χ3n) is 3.49. The number of carbonyl (C=O) groups is 1. The number of aromatic nitrogens is 2. The fourth-order valence-corrected chi connectivity index (χ4v) is 3.51. The summed E-state index contributed by atoms with van der Waals surface area (Å²) < 4.78 is 2.16. The summed E-state index contributed by atoms with van der Waals surface area (Å²) in [6.07, 6.45) is 2.06. The summed E-state index contributed by atoms with van der Waals surface area (Å²) in [6.45, 7) is 8.43. The molecule has 0 amide bonds. The van der Waals surface area contributed by atoms with Crippen molar-refractivity contribution in [3.8, 4) is 0 Å². The molecule has 0 aliphatic carbocycles. The normalized spacial score (nSPS) is 19.7. The summed E-state index contributed by atoms with van der Waals surface area (Å²) in [5, 5.41) is 4.36. The van der Waals surface area contributed by atoms with E-state index in [2.05, 4.69) is 23.8 Å². The van der Waals surface area contributed by atoms with Crippen LogP contribution in [0.4, 0.5) is 5.82 Å². The van der Waals surface area contributed by atoms with Gasteiger partial charge in [-0.2, -0.15) is 16.9 Å². The zero-order valence-corrected chi connectivity index (χ0v) is 12.4. The van der Waals surface area contributed by atoms with Crippen LogP contribution in [0.3, 0.4) is 0 Å². The minimum Gasteiger partial charge on any atom is -0.355 e. The highest BCUT2D eigenvalue weighted by Gasteiger charge is 2.26. The van der Waals surface area contributed by atoms with Crippen molar-refractivity contribution in [2.45, 2.75) is 31.9 Å². The number of hydrogen-bond acceptors (Lipinski definition) is 4. The second-order valence-corrected chi connectivity index (χ2v) is 7.21. The van der Waals surface area contributed by atoms with Gasteiger partial charge < -0.3 is 4.90 Å². The zero-order valence-electron chi connectivity index (χ0n) is 11.6. The summed E-state index contributed by atoms with van der Waals surface area (Å²) in [4.78, 5) is 13.5. The monoisotopic (exact) mass is 267 g/mol. The Morgan fingerprint density at radius 2 is 2.11 bits per heavy atom. The Hall–Kier alpha value is -0.970. The van der Waals surface area contributed by atoms with Crippen LogP contribution in [0.2, 0.25) is 0 Å². The maximum Gasteiger partial charge on any atom is 0.155 e. The van der Waals surface area contributed by atoms with E-state index in [-0.39, 0.29) is 0 Å². The van der Waals surface area contributed by atoms with Crippen molar-refractivity contribution in [2.75, 3.05) is 23.7 Å². The van der Waals surface area contributed by atoms with Gasteiger partial charge in [0.15, 0.2) is 6.29 Å². The quantitative estimate of drug-likeness (QED) is 0.770. The van der Waals surface area contributed by atoms with Crippen LogP contribution in [0.5, 0.6) is 0 Å². The minimum absolute atomic E-state index is 0.323. The van der Waals surface area contributed by atoms with Gasteiger partial charge in [-0.1, -0.05) is 13.8 Å². The Balaban J connectivity index is 2.29. The number of aryl methyl sites for hydroxylation is 2. The predicted octanol–water partition coefficient (Wildman–Crippen LogP) is 2.26. The molecule has 4 nitrogen and oxygen atoms in total. The Kier molecular flexibility index (Phi) is 3.71. The van der Waals surface area contributed by atoms with E-state index in [0.717, 1.165) is 48.6 Å². The molecule has 1 aromatic heterocycles. The van der Waals surface area contributed by atoms with E-state index in [0.29, 0.717) is 4.75 Å². The second kappa shape index (κ2) is 4.96. The van der Waals surface area contributed by atoms with Crippen LogP contribution < -0.4 is 4.90 Å². The van der Waals surface area contributed by atoms with Crippen molar-refractivity contribution < 1.29 is 4.79 Å². The van der Waals surface area contributed by atoms with Crippen LogP contribution in [0.25, 0.3) is 0 Å². The van der Waals surface area contributed by atoms with Gasteiger partial charge in [0, 0.05) is 30.6 Å². The molecule has 100 valence electrons. The van der Waals surface area contributed by atoms with E-state index in [9.17, 15) is 4.79 Å². The van der Waals surface area contributed by atoms with Gasteiger partial charge in [0.05, 0.1) is 11.3 Å². The van der Waals surface area contributed by atoms with Gasteiger partial charge in [0.25, 0.3) is 0 Å². The number of nitrogens with zero attached hydrogens (tertiary/aromatic N) is 3. The molecule has 0 radical (unpaired) electrons. The molecule has 0 N–H and O–H groups in total. The lowest BCUT2D eigenvalue weighted by Gasteiger charge is -2.24. The summed E-state index contributed by atoms with van der Waals surface area (Å²) in [5.74, 6) is 2.07. The molecule has 0 spiro atoms. The lowest BCUT2D eigenvalue weighted by atomic mass is 10.1. The SMILES string of the molecule is Cc1nn(C)c(N2CCSC(C)(C)CC2)c1C=O. The van der Waals surface area contributed by atoms with E-state index in [1.807, 2.05) is 30.4 Å². The maximum absolute atomic E-state index is 11.2. The first kappa shape index (κ1) is 13.5.